The van der Waals surface area contributed by atoms with Crippen molar-refractivity contribution in [3.8, 4) is 0 Å². The van der Waals surface area contributed by atoms with Crippen molar-refractivity contribution < 1.29 is 13.2 Å². The number of fused-ring (bicyclic) bond motifs is 1. The van der Waals surface area contributed by atoms with E-state index in [4.69, 9.17) is 0 Å². The Balaban J connectivity index is 1.60. The van der Waals surface area contributed by atoms with Crippen LogP contribution in [0.15, 0.2) is 47.8 Å². The first-order chi connectivity index (χ1) is 14.3. The van der Waals surface area contributed by atoms with Gasteiger partial charge in [0, 0.05) is 43.2 Å². The summed E-state index contributed by atoms with van der Waals surface area (Å²) in [5, 5.41) is 0.968. The van der Waals surface area contributed by atoms with Gasteiger partial charge in [-0.2, -0.15) is 0 Å². The fourth-order valence-electron chi connectivity index (χ4n) is 4.15. The van der Waals surface area contributed by atoms with Gasteiger partial charge in [-0.15, -0.1) is 0 Å². The maximum absolute atomic E-state index is 13.3. The molecule has 1 amide bonds. The number of hydrogen-bond acceptors (Lipinski definition) is 6. The lowest BCUT2D eigenvalue weighted by atomic mass is 10.0. The average molecular weight is 428 g/mol. The molecule has 0 unspecified atom stereocenters. The summed E-state index contributed by atoms with van der Waals surface area (Å²) in [7, 11) is -3.29. The van der Waals surface area contributed by atoms with Gasteiger partial charge in [-0.05, 0) is 43.7 Å². The highest BCUT2D eigenvalue weighted by atomic mass is 32.2. The molecular formula is C21H25N5O3S. The molecule has 0 bridgehead atoms. The standard InChI is InChI=1S/C21H25N5O3S/c1-4-16-12-25(20-18-9-10-22-19(18)23-13-24-20)11-14(2)26(16)21(27)15-5-7-17(8-6-15)30(3,28)29/h5-10,13-14,16H,4,11-12H2,1-3H3,(H,22,23,24)/t14-,16-/m1/s1. The Labute approximate surface area is 175 Å². The molecule has 0 spiro atoms. The maximum Gasteiger partial charge on any atom is 0.254 e. The number of H-pyrrole nitrogens is 1. The zero-order valence-corrected chi connectivity index (χ0v) is 18.1. The van der Waals surface area contributed by atoms with Gasteiger partial charge in [0.1, 0.15) is 17.8 Å². The monoisotopic (exact) mass is 427 g/mol. The van der Waals surface area contributed by atoms with Gasteiger partial charge in [0.05, 0.1) is 10.3 Å². The largest absolute Gasteiger partial charge is 0.352 e. The van der Waals surface area contributed by atoms with Crippen molar-refractivity contribution in [2.24, 2.45) is 0 Å². The summed E-state index contributed by atoms with van der Waals surface area (Å²) >= 11 is 0. The quantitative estimate of drug-likeness (QED) is 0.687. The van der Waals surface area contributed by atoms with E-state index in [0.29, 0.717) is 18.7 Å². The number of rotatable bonds is 4. The maximum atomic E-state index is 13.3. The molecule has 1 saturated heterocycles. The second kappa shape index (κ2) is 7.71. The Hall–Kier alpha value is -2.94. The Bertz CT molecular complexity index is 1170. The van der Waals surface area contributed by atoms with Crippen LogP contribution in [0.3, 0.4) is 0 Å². The van der Waals surface area contributed by atoms with Crippen LogP contribution in [-0.2, 0) is 9.84 Å². The molecule has 2 atom stereocenters. The van der Waals surface area contributed by atoms with Crippen LogP contribution in [-0.4, -0.2) is 65.6 Å². The zero-order chi connectivity index (χ0) is 21.5. The smallest absolute Gasteiger partial charge is 0.254 e. The van der Waals surface area contributed by atoms with Crippen molar-refractivity contribution in [1.29, 1.82) is 0 Å². The Morgan fingerprint density at radius 2 is 1.90 bits per heavy atom. The predicted molar refractivity (Wildman–Crippen MR) is 115 cm³/mol. The summed E-state index contributed by atoms with van der Waals surface area (Å²) in [5.41, 5.74) is 1.29. The molecule has 2 aromatic heterocycles. The molecule has 3 aromatic rings. The number of carbonyl (C=O) groups excluding carboxylic acids is 1. The summed E-state index contributed by atoms with van der Waals surface area (Å²) in [6.45, 7) is 5.43. The van der Waals surface area contributed by atoms with E-state index < -0.39 is 9.84 Å². The molecule has 4 rings (SSSR count). The first-order valence-electron chi connectivity index (χ1n) is 9.95. The number of benzene rings is 1. The fourth-order valence-corrected chi connectivity index (χ4v) is 4.78. The van der Waals surface area contributed by atoms with E-state index in [1.807, 2.05) is 24.1 Å². The van der Waals surface area contributed by atoms with Crippen molar-refractivity contribution in [2.75, 3.05) is 24.2 Å². The van der Waals surface area contributed by atoms with E-state index in [1.54, 1.807) is 18.5 Å². The molecule has 1 aliphatic heterocycles. The molecule has 1 N–H and O–H groups in total. The third kappa shape index (κ3) is 3.65. The predicted octanol–water partition coefficient (Wildman–Crippen LogP) is 2.49. The molecule has 158 valence electrons. The highest BCUT2D eigenvalue weighted by molar-refractivity contribution is 7.90. The molecule has 0 aliphatic carbocycles. The summed E-state index contributed by atoms with van der Waals surface area (Å²) < 4.78 is 23.4. The van der Waals surface area contributed by atoms with Gasteiger partial charge in [-0.3, -0.25) is 4.79 Å². The number of piperazine rings is 1. The fraction of sp³-hybridized carbons (Fsp3) is 0.381. The Morgan fingerprint density at radius 3 is 2.57 bits per heavy atom. The first kappa shape index (κ1) is 20.3. The first-order valence-corrected chi connectivity index (χ1v) is 11.8. The lowest BCUT2D eigenvalue weighted by Gasteiger charge is -2.46. The lowest BCUT2D eigenvalue weighted by Crippen LogP contribution is -2.59. The van der Waals surface area contributed by atoms with Crippen LogP contribution in [0.25, 0.3) is 11.0 Å². The normalized spacial score (nSPS) is 20.0. The van der Waals surface area contributed by atoms with Crippen molar-refractivity contribution in [3.63, 3.8) is 0 Å². The average Bonchev–Trinajstić information content (AvgIpc) is 3.21. The summed E-state index contributed by atoms with van der Waals surface area (Å²) in [5.74, 6) is 0.791. The number of amides is 1. The van der Waals surface area contributed by atoms with Crippen molar-refractivity contribution >= 4 is 32.6 Å². The van der Waals surface area contributed by atoms with Gasteiger partial charge in [0.15, 0.2) is 9.84 Å². The van der Waals surface area contributed by atoms with E-state index in [2.05, 4.69) is 26.8 Å². The van der Waals surface area contributed by atoms with Crippen LogP contribution in [0, 0.1) is 0 Å². The van der Waals surface area contributed by atoms with Gasteiger partial charge >= 0.3 is 0 Å². The van der Waals surface area contributed by atoms with E-state index in [0.717, 1.165) is 29.5 Å². The van der Waals surface area contributed by atoms with Crippen LogP contribution < -0.4 is 4.90 Å². The molecule has 1 fully saturated rings. The molecule has 0 radical (unpaired) electrons. The van der Waals surface area contributed by atoms with Crippen molar-refractivity contribution in [2.45, 2.75) is 37.2 Å². The molecule has 1 aromatic carbocycles. The van der Waals surface area contributed by atoms with Crippen LogP contribution >= 0.6 is 0 Å². The topological polar surface area (TPSA) is 99.3 Å². The van der Waals surface area contributed by atoms with E-state index >= 15 is 0 Å². The highest BCUT2D eigenvalue weighted by Crippen LogP contribution is 2.28. The van der Waals surface area contributed by atoms with E-state index in [9.17, 15) is 13.2 Å². The number of hydrogen-bond donors (Lipinski definition) is 1. The van der Waals surface area contributed by atoms with Crippen LogP contribution in [0.2, 0.25) is 0 Å². The summed E-state index contributed by atoms with van der Waals surface area (Å²) in [6.07, 6.45) is 5.37. The lowest BCUT2D eigenvalue weighted by molar-refractivity contribution is 0.0544. The van der Waals surface area contributed by atoms with Gasteiger partial charge in [0.2, 0.25) is 0 Å². The van der Waals surface area contributed by atoms with Crippen LogP contribution in [0.5, 0.6) is 0 Å². The minimum atomic E-state index is -3.29. The number of carbonyl (C=O) groups is 1. The third-order valence-electron chi connectivity index (χ3n) is 5.65. The van der Waals surface area contributed by atoms with Crippen molar-refractivity contribution in [3.05, 3.63) is 48.4 Å². The molecule has 3 heterocycles. The molecule has 30 heavy (non-hydrogen) atoms. The van der Waals surface area contributed by atoms with Crippen LogP contribution in [0.1, 0.15) is 30.6 Å². The number of sulfone groups is 1. The van der Waals surface area contributed by atoms with E-state index in [1.165, 1.54) is 12.1 Å². The third-order valence-corrected chi connectivity index (χ3v) is 6.78. The number of aromatic nitrogens is 3. The number of nitrogens with zero attached hydrogens (tertiary/aromatic N) is 4. The Morgan fingerprint density at radius 1 is 1.17 bits per heavy atom. The Kier molecular flexibility index (Phi) is 5.23. The second-order valence-electron chi connectivity index (χ2n) is 7.76. The zero-order valence-electron chi connectivity index (χ0n) is 17.2. The minimum absolute atomic E-state index is 0.0137. The molecular weight excluding hydrogens is 402 g/mol. The molecule has 9 heteroatoms. The molecule has 1 aliphatic rings. The SMILES string of the molecule is CC[C@@H]1CN(c2ncnc3[nH]ccc23)C[C@@H](C)N1C(=O)c1ccc(S(C)(=O)=O)cc1. The number of anilines is 1. The molecule has 0 saturated carbocycles. The van der Waals surface area contributed by atoms with Crippen molar-refractivity contribution in [1.82, 2.24) is 19.9 Å². The van der Waals surface area contributed by atoms with Gasteiger partial charge < -0.3 is 14.8 Å². The van der Waals surface area contributed by atoms with Crippen LogP contribution in [0.4, 0.5) is 5.82 Å². The summed E-state index contributed by atoms with van der Waals surface area (Å²) in [6, 6.07) is 8.13. The molecule has 8 nitrogen and oxygen atoms in total. The van der Waals surface area contributed by atoms with Gasteiger partial charge in [-0.1, -0.05) is 6.92 Å². The van der Waals surface area contributed by atoms with Gasteiger partial charge in [0.25, 0.3) is 5.91 Å². The summed E-state index contributed by atoms with van der Waals surface area (Å²) in [4.78, 5) is 29.5. The van der Waals surface area contributed by atoms with E-state index in [-0.39, 0.29) is 22.9 Å². The van der Waals surface area contributed by atoms with Gasteiger partial charge in [-0.25, -0.2) is 18.4 Å². The highest BCUT2D eigenvalue weighted by Gasteiger charge is 2.36. The number of aromatic amines is 1. The number of nitrogens with one attached hydrogen (secondary N) is 1. The minimum Gasteiger partial charge on any atom is -0.352 e. The second-order valence-corrected chi connectivity index (χ2v) is 9.78.